The Morgan fingerprint density at radius 1 is 0.971 bits per heavy atom. The molecule has 0 bridgehead atoms. The van der Waals surface area contributed by atoms with E-state index in [1.54, 1.807) is 18.0 Å². The van der Waals surface area contributed by atoms with Gasteiger partial charge in [0.25, 0.3) is 5.91 Å². The van der Waals surface area contributed by atoms with Gasteiger partial charge >= 0.3 is 0 Å². The molecule has 0 fully saturated rings. The maximum Gasteiger partial charge on any atom is 0.255 e. The first kappa shape index (κ1) is 23.1. The van der Waals surface area contributed by atoms with E-state index in [-0.39, 0.29) is 5.91 Å². The molecule has 0 unspecified atom stereocenters. The highest BCUT2D eigenvalue weighted by Crippen LogP contribution is 2.31. The zero-order valence-corrected chi connectivity index (χ0v) is 19.9. The first-order chi connectivity index (χ1) is 16.6. The number of amides is 1. The summed E-state index contributed by atoms with van der Waals surface area (Å²) in [5, 5.41) is 7.82. The minimum Gasteiger partial charge on any atom is -0.496 e. The van der Waals surface area contributed by atoms with Gasteiger partial charge in [-0.2, -0.15) is 5.10 Å². The van der Waals surface area contributed by atoms with Gasteiger partial charge in [0.2, 0.25) is 0 Å². The summed E-state index contributed by atoms with van der Waals surface area (Å²) in [6.45, 7) is 0.580. The van der Waals surface area contributed by atoms with Crippen LogP contribution in [0.5, 0.6) is 5.75 Å². The smallest absolute Gasteiger partial charge is 0.255 e. The average molecular weight is 455 g/mol. The van der Waals surface area contributed by atoms with Crippen molar-refractivity contribution in [2.24, 2.45) is 0 Å². The van der Waals surface area contributed by atoms with Crippen molar-refractivity contribution >= 4 is 11.6 Å². The molecule has 0 aliphatic carbocycles. The number of nitrogens with zero attached hydrogens (tertiary/aromatic N) is 3. The third-order valence-corrected chi connectivity index (χ3v) is 5.72. The molecule has 1 amide bonds. The van der Waals surface area contributed by atoms with Crippen LogP contribution in [-0.4, -0.2) is 43.4 Å². The Labute approximate surface area is 200 Å². The highest BCUT2D eigenvalue weighted by atomic mass is 16.5. The van der Waals surface area contributed by atoms with Gasteiger partial charge in [0.15, 0.2) is 0 Å². The molecular weight excluding hydrogens is 424 g/mol. The Hall–Kier alpha value is -4.06. The van der Waals surface area contributed by atoms with Crippen molar-refractivity contribution in [2.45, 2.75) is 12.8 Å². The molecule has 0 saturated heterocycles. The quantitative estimate of drug-likeness (QED) is 0.363. The second kappa shape index (κ2) is 10.7. The fourth-order valence-electron chi connectivity index (χ4n) is 3.84. The molecule has 174 valence electrons. The van der Waals surface area contributed by atoms with E-state index in [4.69, 9.17) is 9.84 Å². The van der Waals surface area contributed by atoms with Crippen LogP contribution in [0.25, 0.3) is 16.9 Å². The number of anilines is 1. The molecular formula is C28H30N4O2. The summed E-state index contributed by atoms with van der Waals surface area (Å²) in [6.07, 6.45) is 3.53. The van der Waals surface area contributed by atoms with Crippen LogP contribution in [-0.2, 0) is 6.42 Å². The number of carbonyl (C=O) groups excluding carboxylic acids is 1. The molecule has 0 atom stereocenters. The number of benzene rings is 3. The molecule has 1 N–H and O–H groups in total. The van der Waals surface area contributed by atoms with Crippen molar-refractivity contribution in [3.05, 3.63) is 96.2 Å². The van der Waals surface area contributed by atoms with E-state index in [1.807, 2.05) is 68.7 Å². The van der Waals surface area contributed by atoms with Crippen molar-refractivity contribution in [2.75, 3.05) is 32.6 Å². The number of aryl methyl sites for hydroxylation is 1. The van der Waals surface area contributed by atoms with Gasteiger partial charge in [0, 0.05) is 38.1 Å². The lowest BCUT2D eigenvalue weighted by atomic mass is 10.1. The topological polar surface area (TPSA) is 59.4 Å². The fourth-order valence-corrected chi connectivity index (χ4v) is 3.84. The molecule has 0 radical (unpaired) electrons. The molecule has 0 saturated carbocycles. The van der Waals surface area contributed by atoms with E-state index >= 15 is 0 Å². The van der Waals surface area contributed by atoms with E-state index in [9.17, 15) is 4.79 Å². The second-order valence-corrected chi connectivity index (χ2v) is 8.29. The Morgan fingerprint density at radius 2 is 1.68 bits per heavy atom. The summed E-state index contributed by atoms with van der Waals surface area (Å²) < 4.78 is 7.28. The van der Waals surface area contributed by atoms with Crippen LogP contribution < -0.4 is 15.0 Å². The predicted molar refractivity (Wildman–Crippen MR) is 137 cm³/mol. The SMILES string of the molecule is COc1ccccc1-c1nn(-c2ccccc2)cc1C(=O)NCCCc1ccc(N(C)C)cc1. The zero-order valence-electron chi connectivity index (χ0n) is 19.9. The van der Waals surface area contributed by atoms with Crippen LogP contribution >= 0.6 is 0 Å². The summed E-state index contributed by atoms with van der Waals surface area (Å²) in [5.41, 5.74) is 5.22. The van der Waals surface area contributed by atoms with Crippen LogP contribution in [0.2, 0.25) is 0 Å². The van der Waals surface area contributed by atoms with Crippen LogP contribution in [0, 0.1) is 0 Å². The molecule has 34 heavy (non-hydrogen) atoms. The molecule has 4 aromatic rings. The summed E-state index contributed by atoms with van der Waals surface area (Å²) in [5.74, 6) is 0.530. The Morgan fingerprint density at radius 3 is 2.38 bits per heavy atom. The number of ether oxygens (including phenoxy) is 1. The number of aromatic nitrogens is 2. The third-order valence-electron chi connectivity index (χ3n) is 5.72. The molecule has 1 heterocycles. The van der Waals surface area contributed by atoms with Gasteiger partial charge in [-0.3, -0.25) is 4.79 Å². The minimum absolute atomic E-state index is 0.147. The molecule has 0 spiro atoms. The molecule has 3 aromatic carbocycles. The number of hydrogen-bond donors (Lipinski definition) is 1. The van der Waals surface area contributed by atoms with E-state index in [2.05, 4.69) is 34.5 Å². The van der Waals surface area contributed by atoms with Gasteiger partial charge in [-0.15, -0.1) is 0 Å². The summed E-state index contributed by atoms with van der Waals surface area (Å²) in [6, 6.07) is 25.9. The Bertz CT molecular complexity index is 1230. The van der Waals surface area contributed by atoms with Crippen molar-refractivity contribution in [3.8, 4) is 22.7 Å². The lowest BCUT2D eigenvalue weighted by molar-refractivity contribution is 0.0954. The third kappa shape index (κ3) is 5.29. The maximum atomic E-state index is 13.2. The highest BCUT2D eigenvalue weighted by Gasteiger charge is 2.20. The van der Waals surface area contributed by atoms with Crippen LogP contribution in [0.1, 0.15) is 22.3 Å². The normalized spacial score (nSPS) is 10.7. The number of rotatable bonds is 9. The molecule has 6 nitrogen and oxygen atoms in total. The molecule has 6 heteroatoms. The summed E-state index contributed by atoms with van der Waals surface area (Å²) >= 11 is 0. The van der Waals surface area contributed by atoms with Gasteiger partial charge in [-0.25, -0.2) is 4.68 Å². The average Bonchev–Trinajstić information content (AvgIpc) is 3.33. The molecule has 1 aromatic heterocycles. The van der Waals surface area contributed by atoms with Crippen molar-refractivity contribution in [1.29, 1.82) is 0 Å². The van der Waals surface area contributed by atoms with E-state index in [0.29, 0.717) is 23.6 Å². The maximum absolute atomic E-state index is 13.2. The second-order valence-electron chi connectivity index (χ2n) is 8.29. The summed E-state index contributed by atoms with van der Waals surface area (Å²) in [4.78, 5) is 15.3. The fraction of sp³-hybridized carbons (Fsp3) is 0.214. The van der Waals surface area contributed by atoms with Gasteiger partial charge in [-0.1, -0.05) is 42.5 Å². The molecule has 4 rings (SSSR count). The molecule has 0 aliphatic rings. The van der Waals surface area contributed by atoms with E-state index < -0.39 is 0 Å². The van der Waals surface area contributed by atoms with Gasteiger partial charge in [0.1, 0.15) is 11.4 Å². The number of hydrogen-bond acceptors (Lipinski definition) is 4. The number of carbonyl (C=O) groups is 1. The van der Waals surface area contributed by atoms with Gasteiger partial charge in [0.05, 0.1) is 18.4 Å². The lowest BCUT2D eigenvalue weighted by Gasteiger charge is -2.12. The van der Waals surface area contributed by atoms with Crippen LogP contribution in [0.15, 0.2) is 85.1 Å². The first-order valence-electron chi connectivity index (χ1n) is 11.4. The minimum atomic E-state index is -0.147. The standard InChI is InChI=1S/C28H30N4O2/c1-31(2)22-17-15-21(16-18-22)10-9-19-29-28(33)25-20-32(23-11-5-4-6-12-23)30-27(25)24-13-7-8-14-26(24)34-3/h4-8,11-18,20H,9-10,19H2,1-3H3,(H,29,33). The Balaban J connectivity index is 1.50. The van der Waals surface area contributed by atoms with E-state index in [1.165, 1.54) is 11.3 Å². The van der Waals surface area contributed by atoms with E-state index in [0.717, 1.165) is 24.1 Å². The predicted octanol–water partition coefficient (Wildman–Crippen LogP) is 4.98. The lowest BCUT2D eigenvalue weighted by Crippen LogP contribution is -2.25. The van der Waals surface area contributed by atoms with Gasteiger partial charge in [-0.05, 0) is 54.8 Å². The summed E-state index contributed by atoms with van der Waals surface area (Å²) in [7, 11) is 5.69. The first-order valence-corrected chi connectivity index (χ1v) is 11.4. The number of nitrogens with one attached hydrogen (secondary N) is 1. The van der Waals surface area contributed by atoms with Crippen LogP contribution in [0.3, 0.4) is 0 Å². The molecule has 0 aliphatic heterocycles. The highest BCUT2D eigenvalue weighted by molar-refractivity contribution is 6.00. The van der Waals surface area contributed by atoms with Crippen molar-refractivity contribution in [3.63, 3.8) is 0 Å². The van der Waals surface area contributed by atoms with Crippen molar-refractivity contribution < 1.29 is 9.53 Å². The van der Waals surface area contributed by atoms with Crippen LogP contribution in [0.4, 0.5) is 5.69 Å². The Kier molecular flexibility index (Phi) is 7.28. The van der Waals surface area contributed by atoms with Crippen molar-refractivity contribution in [1.82, 2.24) is 15.1 Å². The zero-order chi connectivity index (χ0) is 23.9. The largest absolute Gasteiger partial charge is 0.496 e. The number of methoxy groups -OCH3 is 1. The monoisotopic (exact) mass is 454 g/mol. The van der Waals surface area contributed by atoms with Gasteiger partial charge < -0.3 is 15.0 Å². The number of para-hydroxylation sites is 2.